The van der Waals surface area contributed by atoms with Gasteiger partial charge in [-0.1, -0.05) is 0 Å². The van der Waals surface area contributed by atoms with Gasteiger partial charge in [-0.15, -0.1) is 5.06 Å². The van der Waals surface area contributed by atoms with Gasteiger partial charge in [-0.05, 0) is 73.1 Å². The van der Waals surface area contributed by atoms with E-state index in [2.05, 4.69) is 37.2 Å². The van der Waals surface area contributed by atoms with E-state index >= 15 is 0 Å². The van der Waals surface area contributed by atoms with E-state index in [9.17, 15) is 134 Å². The number of carbonyl (C=O) groups excluding carboxylic acids is 12. The summed E-state index contributed by atoms with van der Waals surface area (Å²) < 4.78 is 54.8. The van der Waals surface area contributed by atoms with Crippen molar-refractivity contribution < 1.29 is 186 Å². The van der Waals surface area contributed by atoms with E-state index < -0.39 is 319 Å². The summed E-state index contributed by atoms with van der Waals surface area (Å²) in [6, 6.07) is -3.15. The molecule has 6 aliphatic rings. The molecule has 674 valence electrons. The van der Waals surface area contributed by atoms with Crippen LogP contribution in [0.4, 0.5) is 0 Å². The summed E-state index contributed by atoms with van der Waals surface area (Å²) in [6.07, 6.45) is -42.4. The molecule has 9 amide bonds. The Morgan fingerprint density at radius 2 is 0.610 bits per heavy atom. The van der Waals surface area contributed by atoms with Crippen LogP contribution in [0.15, 0.2) is 0 Å². The van der Waals surface area contributed by atoms with Gasteiger partial charge in [0.15, 0.2) is 31.5 Å². The van der Waals surface area contributed by atoms with Gasteiger partial charge < -0.3 is 166 Å². The minimum absolute atomic E-state index is 0.00406. The van der Waals surface area contributed by atoms with E-state index in [1.165, 1.54) is 34.6 Å². The molecule has 46 heteroatoms. The van der Waals surface area contributed by atoms with E-state index in [4.69, 9.17) is 52.2 Å². The second kappa shape index (κ2) is 49.4. The Hall–Kier alpha value is -6.76. The number of hydrogen-bond donors (Lipinski definition) is 22. The molecule has 6 fully saturated rings. The van der Waals surface area contributed by atoms with Crippen molar-refractivity contribution in [2.45, 2.75) is 303 Å². The lowest BCUT2D eigenvalue weighted by Crippen LogP contribution is -2.57. The lowest BCUT2D eigenvalue weighted by atomic mass is 9.92. The average molecular weight is 1700 g/mol. The molecule has 6 rings (SSSR count). The number of aliphatic hydroxyl groups excluding tert-OH is 15. The summed E-state index contributed by atoms with van der Waals surface area (Å²) in [4.78, 5) is 167. The first-order valence-corrected chi connectivity index (χ1v) is 39.4. The molecule has 0 aromatic rings. The van der Waals surface area contributed by atoms with E-state index in [0.29, 0.717) is 5.06 Å². The monoisotopic (exact) mass is 1700 g/mol. The van der Waals surface area contributed by atoms with Crippen LogP contribution in [0.2, 0.25) is 0 Å². The van der Waals surface area contributed by atoms with Crippen LogP contribution in [0.5, 0.6) is 0 Å². The number of Topliss-reactive ketones (excluding diaryl/α,β-unsaturated/α-hetero) is 2. The fourth-order valence-corrected chi connectivity index (χ4v) is 13.2. The molecular weight excluding hydrogens is 1580 g/mol. The predicted molar refractivity (Wildman–Crippen MR) is 389 cm³/mol. The Morgan fingerprint density at radius 3 is 0.924 bits per heavy atom. The SMILES string of the molecule is C[C@@H]1O[C@@H](OCCNC(=O)CC[C@H](CC(=O)CC[C@H](NC(=O)CC[C@H](CC(=O)CC[C@H](NC(=O)CCCCC(=O)ON2C(=O)CCC2=O)C(=O)NCCO[C@@H]2O[C@@H](C)[C@@H](O)[C@@H](O)[C@@H]2O)C(=O)NCCO[C@@H]2O[C@@H](C)[C@@H](O)[C@@H](O)[C@@H]2O)C(=O)NCCO[C@@H]2O[C@@H](C)[C@@H](O)[C@@H](O)[C@@H]2O)C(=O)NCCO[C@@H]2O[C@@H](C)[C@@H](O)[C@@H](O)[C@@H]2O)[C@@H](O)[C@H](O)[C@@H]1O. The van der Waals surface area contributed by atoms with Crippen LogP contribution < -0.4 is 37.2 Å². The summed E-state index contributed by atoms with van der Waals surface area (Å²) in [5.74, 6) is -12.4. The van der Waals surface area contributed by atoms with Gasteiger partial charge in [-0.25, -0.2) is 4.79 Å². The molecule has 0 bridgehead atoms. The zero-order chi connectivity index (χ0) is 87.4. The molecule has 0 radical (unpaired) electrons. The summed E-state index contributed by atoms with van der Waals surface area (Å²) in [5, 5.41) is 172. The lowest BCUT2D eigenvalue weighted by Gasteiger charge is -2.38. The largest absolute Gasteiger partial charge is 0.388 e. The second-order valence-corrected chi connectivity index (χ2v) is 29.8. The Balaban J connectivity index is 1.16. The first-order chi connectivity index (χ1) is 55.8. The summed E-state index contributed by atoms with van der Waals surface area (Å²) in [7, 11) is 0. The zero-order valence-corrected chi connectivity index (χ0v) is 66.2. The number of nitrogens with one attached hydrogen (secondary N) is 7. The third-order valence-corrected chi connectivity index (χ3v) is 20.6. The van der Waals surface area contributed by atoms with Crippen LogP contribution in [0.3, 0.4) is 0 Å². The Labute approximate surface area is 677 Å². The maximum Gasteiger partial charge on any atom is 0.333 e. The van der Waals surface area contributed by atoms with Crippen molar-refractivity contribution in [1.29, 1.82) is 0 Å². The molecule has 0 unspecified atom stereocenters. The maximum atomic E-state index is 14.2. The first kappa shape index (κ1) is 100. The van der Waals surface area contributed by atoms with Gasteiger partial charge in [-0.2, -0.15) is 0 Å². The third kappa shape index (κ3) is 30.7. The molecule has 6 saturated heterocycles. The van der Waals surface area contributed by atoms with Crippen molar-refractivity contribution in [3.8, 4) is 0 Å². The zero-order valence-electron chi connectivity index (χ0n) is 66.2. The van der Waals surface area contributed by atoms with Crippen molar-refractivity contribution >= 4 is 70.7 Å². The van der Waals surface area contributed by atoms with Gasteiger partial charge in [0.05, 0.1) is 63.6 Å². The highest BCUT2D eigenvalue weighted by Gasteiger charge is 2.48. The second-order valence-electron chi connectivity index (χ2n) is 29.8. The number of amides is 9. The molecule has 6 heterocycles. The maximum absolute atomic E-state index is 14.2. The number of aliphatic hydroxyl groups is 15. The van der Waals surface area contributed by atoms with Crippen molar-refractivity contribution in [2.75, 3.05) is 65.8 Å². The number of unbranched alkanes of at least 4 members (excludes halogenated alkanes) is 1. The standard InChI is InChI=1S/C72H118N8O38/c1-32-49(89)54(94)59(99)68(113-32)108-25-20-73-43(83)16-10-37(64(104)74-21-26-109-69-60(100)55(95)50(90)33(2)114-69)30-39(81)13-15-42(67(107)77-24-29-112-72-63(103)58(98)53(93)36(5)117-72)79-45(85)17-11-38(65(105)75-22-27-110-70-61(101)56(96)51(91)34(3)115-70)31-40(82)12-14-41(66(106)76-23-28-111-71-62(102)57(97)52(92)35(4)116-71)78-44(84)8-6-7-9-48(88)118-80-46(86)18-19-47(80)87/h32-38,41-42,49-63,68-72,89-103H,6-31H2,1-5H3,(H,73,83)(H,74,104)(H,75,105)(H,76,106)(H,77,107)(H,78,84)(H,79,85)/t32-,33-,34-,35-,36-,37+,38+,41-,42-,49+,50+,51+,52+,53+,54+,55+,56+,57+,58+,59-,60-,61-,62-,63-,68+,69+,70+,71+,72+/m0/s1. The smallest absolute Gasteiger partial charge is 0.333 e. The Bertz CT molecular complexity index is 3250. The lowest BCUT2D eigenvalue weighted by molar-refractivity contribution is -0.292. The molecule has 0 aromatic carbocycles. The summed E-state index contributed by atoms with van der Waals surface area (Å²) in [6.45, 7) is 3.66. The Morgan fingerprint density at radius 1 is 0.339 bits per heavy atom. The normalized spacial score (nSPS) is 32.8. The van der Waals surface area contributed by atoms with Crippen molar-refractivity contribution in [3.63, 3.8) is 0 Å². The van der Waals surface area contributed by atoms with E-state index in [-0.39, 0.29) is 97.5 Å². The van der Waals surface area contributed by atoms with Gasteiger partial charge in [0.25, 0.3) is 11.8 Å². The fraction of sp³-hybridized carbons (Fsp3) is 0.833. The molecular formula is C72H118N8O38. The van der Waals surface area contributed by atoms with Gasteiger partial charge in [0.1, 0.15) is 115 Å². The molecule has 6 aliphatic heterocycles. The van der Waals surface area contributed by atoms with Crippen LogP contribution in [0, 0.1) is 11.8 Å². The summed E-state index contributed by atoms with van der Waals surface area (Å²) >= 11 is 0. The highest BCUT2D eigenvalue weighted by molar-refractivity contribution is 6.01. The number of hydroxylamine groups is 2. The molecule has 29 atom stereocenters. The average Bonchev–Trinajstić information content (AvgIpc) is 1.20. The number of ether oxygens (including phenoxy) is 10. The first-order valence-electron chi connectivity index (χ1n) is 39.4. The van der Waals surface area contributed by atoms with Crippen LogP contribution >= 0.6 is 0 Å². The van der Waals surface area contributed by atoms with Crippen LogP contribution in [0.1, 0.15) is 137 Å². The molecule has 0 aromatic heterocycles. The van der Waals surface area contributed by atoms with E-state index in [0.717, 1.165) is 0 Å². The van der Waals surface area contributed by atoms with Crippen molar-refractivity contribution in [1.82, 2.24) is 42.3 Å². The number of carbonyl (C=O) groups is 12. The number of imide groups is 1. The Kier molecular flexibility index (Phi) is 41.9. The minimum atomic E-state index is -1.74. The molecule has 22 N–H and O–H groups in total. The predicted octanol–water partition coefficient (Wildman–Crippen LogP) is -10.8. The van der Waals surface area contributed by atoms with E-state index in [1.54, 1.807) is 0 Å². The number of hydrogen-bond acceptors (Lipinski definition) is 38. The van der Waals surface area contributed by atoms with Crippen molar-refractivity contribution in [3.05, 3.63) is 0 Å². The highest BCUT2D eigenvalue weighted by atomic mass is 16.7. The fourth-order valence-electron chi connectivity index (χ4n) is 13.2. The number of ketones is 2. The van der Waals surface area contributed by atoms with Gasteiger partial charge in [-0.3, -0.25) is 52.7 Å². The van der Waals surface area contributed by atoms with Crippen LogP contribution in [-0.4, -0.2) is 384 Å². The molecule has 0 spiro atoms. The third-order valence-electron chi connectivity index (χ3n) is 20.6. The highest BCUT2D eigenvalue weighted by Crippen LogP contribution is 2.28. The molecule has 118 heavy (non-hydrogen) atoms. The topological polar surface area (TPSA) is 697 Å². The number of nitrogens with zero attached hydrogens (tertiary/aromatic N) is 1. The van der Waals surface area contributed by atoms with Crippen LogP contribution in [-0.2, 0) is 110 Å². The van der Waals surface area contributed by atoms with Crippen LogP contribution in [0.25, 0.3) is 0 Å². The van der Waals surface area contributed by atoms with Gasteiger partial charge >= 0.3 is 5.97 Å². The van der Waals surface area contributed by atoms with E-state index in [1.807, 2.05) is 0 Å². The minimum Gasteiger partial charge on any atom is -0.388 e. The van der Waals surface area contributed by atoms with Crippen molar-refractivity contribution in [2.24, 2.45) is 11.8 Å². The quantitative estimate of drug-likeness (QED) is 0.0199. The van der Waals surface area contributed by atoms with Gasteiger partial charge in [0, 0.05) is 109 Å². The molecule has 0 aliphatic carbocycles. The molecule has 0 saturated carbocycles. The van der Waals surface area contributed by atoms with Gasteiger partial charge in [0.2, 0.25) is 41.4 Å². The number of rotatable bonds is 48. The summed E-state index contributed by atoms with van der Waals surface area (Å²) in [5.41, 5.74) is 0. The molecule has 46 nitrogen and oxygen atoms in total.